The number of nitrogens with one attached hydrogen (secondary N) is 2. The first kappa shape index (κ1) is 21.8. The number of nitrogens with zero attached hydrogens (tertiary/aromatic N) is 5. The van der Waals surface area contributed by atoms with E-state index in [1.54, 1.807) is 19.4 Å². The molecule has 2 fully saturated rings. The number of methoxy groups -OCH3 is 1. The topological polar surface area (TPSA) is 100 Å². The van der Waals surface area contributed by atoms with Crippen molar-refractivity contribution >= 4 is 28.5 Å². The molecule has 0 radical (unpaired) electrons. The summed E-state index contributed by atoms with van der Waals surface area (Å²) in [5, 5.41) is 4.18. The molecule has 6 rings (SSSR count). The summed E-state index contributed by atoms with van der Waals surface area (Å²) < 4.78 is 21.1. The number of amides is 1. The van der Waals surface area contributed by atoms with Crippen LogP contribution >= 0.6 is 0 Å². The van der Waals surface area contributed by atoms with Crippen LogP contribution in [0.5, 0.6) is 5.88 Å². The average Bonchev–Trinajstić information content (AvgIpc) is 3.64. The summed E-state index contributed by atoms with van der Waals surface area (Å²) in [5.74, 6) is 0.972. The summed E-state index contributed by atoms with van der Waals surface area (Å²) >= 11 is 0. The van der Waals surface area contributed by atoms with Crippen LogP contribution in [0.2, 0.25) is 0 Å². The second-order valence-corrected chi connectivity index (χ2v) is 9.43. The van der Waals surface area contributed by atoms with Crippen molar-refractivity contribution in [3.05, 3.63) is 36.7 Å². The van der Waals surface area contributed by atoms with E-state index < -0.39 is 5.95 Å². The van der Waals surface area contributed by atoms with E-state index in [1.807, 2.05) is 17.2 Å². The van der Waals surface area contributed by atoms with Crippen molar-refractivity contribution in [1.29, 1.82) is 0 Å². The number of H-pyrrole nitrogens is 1. The highest BCUT2D eigenvalue weighted by Gasteiger charge is 2.31. The Balaban J connectivity index is 1.21. The summed E-state index contributed by atoms with van der Waals surface area (Å²) in [7, 11) is 1.58. The Hall–Kier alpha value is -3.69. The number of hydrogen-bond donors (Lipinski definition) is 2. The van der Waals surface area contributed by atoms with Gasteiger partial charge >= 0.3 is 0 Å². The van der Waals surface area contributed by atoms with Gasteiger partial charge in [-0.2, -0.15) is 14.4 Å². The molecular weight excluding hydrogens is 449 g/mol. The number of rotatable bonds is 5. The van der Waals surface area contributed by atoms with Crippen LogP contribution in [0.25, 0.3) is 27.8 Å². The smallest absolute Gasteiger partial charge is 0.228 e. The molecule has 1 amide bonds. The van der Waals surface area contributed by atoms with Gasteiger partial charge in [0.25, 0.3) is 0 Å². The molecular formula is C25H28FN7O2. The molecule has 0 aromatic carbocycles. The summed E-state index contributed by atoms with van der Waals surface area (Å²) in [5.41, 5.74) is 2.79. The molecule has 5 heterocycles. The Morgan fingerprint density at radius 3 is 2.74 bits per heavy atom. The lowest BCUT2D eigenvalue weighted by molar-refractivity contribution is -0.135. The molecule has 1 saturated heterocycles. The number of aromatic nitrogens is 5. The number of likely N-dealkylation sites (tertiary alicyclic amines) is 1. The quantitative estimate of drug-likeness (QED) is 0.451. The highest BCUT2D eigenvalue weighted by Crippen LogP contribution is 2.35. The Morgan fingerprint density at radius 1 is 1.17 bits per heavy atom. The van der Waals surface area contributed by atoms with Crippen molar-refractivity contribution in [2.24, 2.45) is 5.92 Å². The Morgan fingerprint density at radius 2 is 1.97 bits per heavy atom. The maximum absolute atomic E-state index is 14.1. The fourth-order valence-electron chi connectivity index (χ4n) is 5.41. The van der Waals surface area contributed by atoms with E-state index in [4.69, 9.17) is 4.74 Å². The monoisotopic (exact) mass is 477 g/mol. The number of carbonyl (C=O) groups excluding carboxylic acids is 1. The lowest BCUT2D eigenvalue weighted by Crippen LogP contribution is -2.37. The fourth-order valence-corrected chi connectivity index (χ4v) is 5.41. The van der Waals surface area contributed by atoms with Gasteiger partial charge in [0.15, 0.2) is 0 Å². The van der Waals surface area contributed by atoms with Crippen molar-refractivity contribution in [2.45, 2.75) is 44.6 Å². The van der Waals surface area contributed by atoms with E-state index in [9.17, 15) is 9.18 Å². The molecule has 10 heteroatoms. The van der Waals surface area contributed by atoms with Gasteiger partial charge in [-0.25, -0.2) is 4.98 Å². The number of carbonyl (C=O) groups is 1. The second kappa shape index (κ2) is 8.83. The highest BCUT2D eigenvalue weighted by molar-refractivity contribution is 5.97. The molecule has 4 aromatic heterocycles. The summed E-state index contributed by atoms with van der Waals surface area (Å²) in [6.07, 6.45) is 10.6. The molecule has 9 nitrogen and oxygen atoms in total. The third-order valence-electron chi connectivity index (χ3n) is 7.29. The van der Waals surface area contributed by atoms with Gasteiger partial charge in [-0.3, -0.25) is 9.20 Å². The third kappa shape index (κ3) is 3.96. The SMILES string of the molecule is COc1nc(NC2CCC(C(=O)N3CCCC3)CC2)nc2[nH]cc(-c3ccc4ncc(F)n4c3)c12. The molecule has 0 bridgehead atoms. The molecule has 0 atom stereocenters. The molecule has 1 saturated carbocycles. The van der Waals surface area contributed by atoms with Gasteiger partial charge in [0, 0.05) is 48.6 Å². The molecule has 0 spiro atoms. The van der Waals surface area contributed by atoms with Crippen LogP contribution in [0.4, 0.5) is 10.3 Å². The van der Waals surface area contributed by atoms with E-state index in [-0.39, 0.29) is 12.0 Å². The predicted octanol–water partition coefficient (Wildman–Crippen LogP) is 4.01. The number of halogens is 1. The van der Waals surface area contributed by atoms with Crippen molar-refractivity contribution in [3.8, 4) is 17.0 Å². The molecule has 0 unspecified atom stereocenters. The van der Waals surface area contributed by atoms with Crippen LogP contribution in [0, 0.1) is 11.9 Å². The van der Waals surface area contributed by atoms with Crippen molar-refractivity contribution in [3.63, 3.8) is 0 Å². The van der Waals surface area contributed by atoms with Crippen LogP contribution in [-0.4, -0.2) is 61.4 Å². The minimum atomic E-state index is -0.423. The highest BCUT2D eigenvalue weighted by atomic mass is 19.1. The number of fused-ring (bicyclic) bond motifs is 2. The van der Waals surface area contributed by atoms with Crippen LogP contribution in [0.3, 0.4) is 0 Å². The van der Waals surface area contributed by atoms with E-state index in [1.165, 1.54) is 10.6 Å². The zero-order chi connectivity index (χ0) is 23.9. The van der Waals surface area contributed by atoms with Crippen molar-refractivity contribution in [2.75, 3.05) is 25.5 Å². The van der Waals surface area contributed by atoms with E-state index in [0.29, 0.717) is 29.0 Å². The minimum absolute atomic E-state index is 0.132. The largest absolute Gasteiger partial charge is 0.480 e. The number of anilines is 1. The van der Waals surface area contributed by atoms with Gasteiger partial charge in [-0.1, -0.05) is 0 Å². The maximum Gasteiger partial charge on any atom is 0.228 e. The zero-order valence-electron chi connectivity index (χ0n) is 19.6. The van der Waals surface area contributed by atoms with E-state index in [2.05, 4.69) is 25.3 Å². The third-order valence-corrected chi connectivity index (χ3v) is 7.29. The molecule has 1 aliphatic heterocycles. The van der Waals surface area contributed by atoms with Gasteiger partial charge in [0.2, 0.25) is 23.7 Å². The first-order chi connectivity index (χ1) is 17.1. The second-order valence-electron chi connectivity index (χ2n) is 9.43. The minimum Gasteiger partial charge on any atom is -0.480 e. The fraction of sp³-hybridized carbons (Fsp3) is 0.440. The van der Waals surface area contributed by atoms with Crippen LogP contribution in [0.1, 0.15) is 38.5 Å². The van der Waals surface area contributed by atoms with Gasteiger partial charge < -0.3 is 19.9 Å². The first-order valence-corrected chi connectivity index (χ1v) is 12.2. The standard InChI is InChI=1S/C25H28FN7O2/c1-35-23-21-18(16-6-9-20-27-13-19(26)33(20)14-16)12-28-22(21)30-25(31-23)29-17-7-4-15(5-8-17)24(34)32-10-2-3-11-32/h6,9,12-15,17H,2-5,7-8,10-11H2,1H3,(H2,28,29,30,31). The van der Waals surface area contributed by atoms with Gasteiger partial charge in [-0.15, -0.1) is 0 Å². The molecule has 1 aliphatic carbocycles. The summed E-state index contributed by atoms with van der Waals surface area (Å²) in [6, 6.07) is 3.87. The maximum atomic E-state index is 14.1. The molecule has 4 aromatic rings. The van der Waals surface area contributed by atoms with E-state index >= 15 is 0 Å². The molecule has 182 valence electrons. The lowest BCUT2D eigenvalue weighted by Gasteiger charge is -2.30. The van der Waals surface area contributed by atoms with Crippen molar-refractivity contribution in [1.82, 2.24) is 29.2 Å². The van der Waals surface area contributed by atoms with E-state index in [0.717, 1.165) is 68.1 Å². The molecule has 2 N–H and O–H groups in total. The Labute approximate surface area is 201 Å². The number of pyridine rings is 1. The van der Waals surface area contributed by atoms with Crippen molar-refractivity contribution < 1.29 is 13.9 Å². The molecule has 35 heavy (non-hydrogen) atoms. The Kier molecular flexibility index (Phi) is 5.50. The van der Waals surface area contributed by atoms with Gasteiger partial charge in [-0.05, 0) is 50.7 Å². The summed E-state index contributed by atoms with van der Waals surface area (Å²) in [4.78, 5) is 31.3. The van der Waals surface area contributed by atoms with Crippen LogP contribution in [-0.2, 0) is 4.79 Å². The normalized spacial score (nSPS) is 20.6. The Bertz CT molecular complexity index is 1380. The average molecular weight is 478 g/mol. The zero-order valence-corrected chi connectivity index (χ0v) is 19.6. The number of aromatic amines is 1. The molecule has 2 aliphatic rings. The lowest BCUT2D eigenvalue weighted by atomic mass is 9.85. The van der Waals surface area contributed by atoms with Crippen LogP contribution in [0.15, 0.2) is 30.7 Å². The summed E-state index contributed by atoms with van der Waals surface area (Å²) in [6.45, 7) is 1.82. The number of hydrogen-bond acceptors (Lipinski definition) is 6. The number of imidazole rings is 1. The van der Waals surface area contributed by atoms with Gasteiger partial charge in [0.1, 0.15) is 11.3 Å². The predicted molar refractivity (Wildman–Crippen MR) is 130 cm³/mol. The number of ether oxygens (including phenoxy) is 1. The van der Waals surface area contributed by atoms with Crippen LogP contribution < -0.4 is 10.1 Å². The first-order valence-electron chi connectivity index (χ1n) is 12.2. The van der Waals surface area contributed by atoms with Gasteiger partial charge in [0.05, 0.1) is 18.7 Å².